The Kier molecular flexibility index (Phi) is 6.34. The van der Waals surface area contributed by atoms with Crippen LogP contribution in [0.15, 0.2) is 29.4 Å². The van der Waals surface area contributed by atoms with Gasteiger partial charge in [-0.1, -0.05) is 12.1 Å². The van der Waals surface area contributed by atoms with Crippen LogP contribution >= 0.6 is 0 Å². The standard InChI is InChI=1S/C19H30N4O2S/c1-14-6-7-16-15(13-23-17(16)12-14)8-9-21-18(20-5)22-10-11-26(24,25)19(2,3)4/h6-7,12-13,23H,8-11H2,1-5H3,(H2,20,21,22). The van der Waals surface area contributed by atoms with Crippen molar-refractivity contribution in [1.29, 1.82) is 0 Å². The van der Waals surface area contributed by atoms with Crippen molar-refractivity contribution in [2.24, 2.45) is 4.99 Å². The van der Waals surface area contributed by atoms with Crippen LogP contribution in [0.2, 0.25) is 0 Å². The van der Waals surface area contributed by atoms with Crippen molar-refractivity contribution in [1.82, 2.24) is 15.6 Å². The van der Waals surface area contributed by atoms with Gasteiger partial charge in [-0.2, -0.15) is 0 Å². The first-order valence-corrected chi connectivity index (χ1v) is 10.5. The largest absolute Gasteiger partial charge is 0.361 e. The third-order valence-corrected chi connectivity index (χ3v) is 7.04. The molecule has 0 radical (unpaired) electrons. The van der Waals surface area contributed by atoms with Crippen molar-refractivity contribution in [2.45, 2.75) is 38.9 Å². The molecule has 26 heavy (non-hydrogen) atoms. The average molecular weight is 379 g/mol. The smallest absolute Gasteiger partial charge is 0.191 e. The maximum Gasteiger partial charge on any atom is 0.191 e. The van der Waals surface area contributed by atoms with Crippen LogP contribution in [0.4, 0.5) is 0 Å². The van der Waals surface area contributed by atoms with E-state index in [0.717, 1.165) is 11.9 Å². The molecule has 2 aromatic rings. The monoisotopic (exact) mass is 378 g/mol. The molecular weight excluding hydrogens is 348 g/mol. The molecule has 0 aliphatic rings. The number of nitrogens with one attached hydrogen (secondary N) is 3. The number of fused-ring (bicyclic) bond motifs is 1. The van der Waals surface area contributed by atoms with Crippen LogP contribution in [-0.2, 0) is 16.3 Å². The number of rotatable bonds is 6. The molecule has 0 unspecified atom stereocenters. The van der Waals surface area contributed by atoms with E-state index in [1.54, 1.807) is 27.8 Å². The van der Waals surface area contributed by atoms with Crippen molar-refractivity contribution >= 4 is 26.7 Å². The van der Waals surface area contributed by atoms with Gasteiger partial charge in [0.15, 0.2) is 15.8 Å². The SMILES string of the molecule is CN=C(NCCc1c[nH]c2cc(C)ccc12)NCCS(=O)(=O)C(C)(C)C. The Labute approximate surface area is 156 Å². The lowest BCUT2D eigenvalue weighted by Crippen LogP contribution is -2.42. The summed E-state index contributed by atoms with van der Waals surface area (Å²) in [6.45, 7) is 8.30. The van der Waals surface area contributed by atoms with E-state index in [9.17, 15) is 8.42 Å². The van der Waals surface area contributed by atoms with Gasteiger partial charge in [-0.3, -0.25) is 4.99 Å². The van der Waals surface area contributed by atoms with Crippen LogP contribution in [-0.4, -0.2) is 50.0 Å². The van der Waals surface area contributed by atoms with E-state index in [4.69, 9.17) is 0 Å². The molecule has 0 amide bonds. The predicted molar refractivity (Wildman–Crippen MR) is 110 cm³/mol. The number of aromatic amines is 1. The number of aromatic nitrogens is 1. The predicted octanol–water partition coefficient (Wildman–Crippen LogP) is 2.40. The minimum Gasteiger partial charge on any atom is -0.361 e. The van der Waals surface area contributed by atoms with Gasteiger partial charge in [-0.25, -0.2) is 8.42 Å². The van der Waals surface area contributed by atoms with Crippen molar-refractivity contribution in [2.75, 3.05) is 25.9 Å². The Morgan fingerprint density at radius 3 is 2.54 bits per heavy atom. The van der Waals surface area contributed by atoms with Crippen LogP contribution in [0.5, 0.6) is 0 Å². The lowest BCUT2D eigenvalue weighted by molar-refractivity contribution is 0.559. The maximum absolute atomic E-state index is 12.1. The van der Waals surface area contributed by atoms with Crippen LogP contribution in [0.25, 0.3) is 10.9 Å². The Hall–Kier alpha value is -2.02. The Balaban J connectivity index is 1.84. The third-order valence-electron chi connectivity index (χ3n) is 4.43. The zero-order chi connectivity index (χ0) is 19.4. The molecule has 1 aromatic heterocycles. The van der Waals surface area contributed by atoms with E-state index in [1.165, 1.54) is 16.5 Å². The van der Waals surface area contributed by atoms with Gasteiger partial charge < -0.3 is 15.6 Å². The van der Waals surface area contributed by atoms with E-state index in [0.29, 0.717) is 19.0 Å². The second kappa shape index (κ2) is 8.12. The molecule has 6 nitrogen and oxygen atoms in total. The molecule has 1 aromatic carbocycles. The van der Waals surface area contributed by atoms with Gasteiger partial charge >= 0.3 is 0 Å². The minimum absolute atomic E-state index is 0.0823. The molecule has 0 bridgehead atoms. The fraction of sp³-hybridized carbons (Fsp3) is 0.526. The van der Waals surface area contributed by atoms with Gasteiger partial charge in [0.05, 0.1) is 10.5 Å². The summed E-state index contributed by atoms with van der Waals surface area (Å²) >= 11 is 0. The van der Waals surface area contributed by atoms with Gasteiger partial charge in [-0.15, -0.1) is 0 Å². The van der Waals surface area contributed by atoms with Crippen molar-refractivity contribution < 1.29 is 8.42 Å². The maximum atomic E-state index is 12.1. The molecule has 7 heteroatoms. The van der Waals surface area contributed by atoms with Gasteiger partial charge in [0.2, 0.25) is 0 Å². The summed E-state index contributed by atoms with van der Waals surface area (Å²) in [7, 11) is -1.45. The molecule has 0 saturated carbocycles. The Morgan fingerprint density at radius 1 is 1.19 bits per heavy atom. The molecule has 144 valence electrons. The highest BCUT2D eigenvalue weighted by molar-refractivity contribution is 7.92. The number of H-pyrrole nitrogens is 1. The van der Waals surface area contributed by atoms with Crippen molar-refractivity contribution in [3.05, 3.63) is 35.5 Å². The van der Waals surface area contributed by atoms with Crippen molar-refractivity contribution in [3.63, 3.8) is 0 Å². The third kappa shape index (κ3) is 5.00. The molecule has 0 spiro atoms. The van der Waals surface area contributed by atoms with Crippen LogP contribution in [0, 0.1) is 6.92 Å². The first kappa shape index (κ1) is 20.3. The quantitative estimate of drug-likeness (QED) is 0.532. The van der Waals surface area contributed by atoms with E-state index in [2.05, 4.69) is 45.7 Å². The van der Waals surface area contributed by atoms with Gasteiger partial charge in [0.1, 0.15) is 0 Å². The fourth-order valence-electron chi connectivity index (χ4n) is 2.65. The number of sulfone groups is 1. The number of benzene rings is 1. The number of aliphatic imine (C=N–C) groups is 1. The highest BCUT2D eigenvalue weighted by atomic mass is 32.2. The zero-order valence-electron chi connectivity index (χ0n) is 16.3. The molecule has 2 rings (SSSR count). The van der Waals surface area contributed by atoms with E-state index >= 15 is 0 Å². The Morgan fingerprint density at radius 2 is 1.88 bits per heavy atom. The summed E-state index contributed by atoms with van der Waals surface area (Å²) in [4.78, 5) is 7.46. The topological polar surface area (TPSA) is 86.3 Å². The van der Waals surface area contributed by atoms with Crippen molar-refractivity contribution in [3.8, 4) is 0 Å². The van der Waals surface area contributed by atoms with Gasteiger partial charge in [0, 0.05) is 37.2 Å². The van der Waals surface area contributed by atoms with Gasteiger partial charge in [0.25, 0.3) is 0 Å². The molecule has 0 fully saturated rings. The summed E-state index contributed by atoms with van der Waals surface area (Å²) in [6.07, 6.45) is 2.89. The van der Waals surface area contributed by atoms with Crippen LogP contribution < -0.4 is 10.6 Å². The second-order valence-electron chi connectivity index (χ2n) is 7.47. The summed E-state index contributed by atoms with van der Waals surface area (Å²) in [6, 6.07) is 6.40. The molecule has 0 aliphatic heterocycles. The Bertz CT molecular complexity index is 877. The minimum atomic E-state index is -3.13. The average Bonchev–Trinajstić information content (AvgIpc) is 2.94. The molecule has 1 heterocycles. The highest BCUT2D eigenvalue weighted by Crippen LogP contribution is 2.19. The zero-order valence-corrected chi connectivity index (χ0v) is 17.1. The van der Waals surface area contributed by atoms with Gasteiger partial charge in [-0.05, 0) is 51.3 Å². The normalized spacial score (nSPS) is 13.2. The first-order valence-electron chi connectivity index (χ1n) is 8.87. The molecular formula is C19H30N4O2S. The summed E-state index contributed by atoms with van der Waals surface area (Å²) in [5.41, 5.74) is 3.63. The fourth-order valence-corrected chi connectivity index (χ4v) is 3.64. The molecule has 0 aliphatic carbocycles. The molecule has 0 saturated heterocycles. The summed E-state index contributed by atoms with van der Waals surface area (Å²) in [5, 5.41) is 7.55. The van der Waals surface area contributed by atoms with E-state index < -0.39 is 14.6 Å². The number of guanidine groups is 1. The van der Waals surface area contributed by atoms with Crippen LogP contribution in [0.3, 0.4) is 0 Å². The number of aryl methyl sites for hydroxylation is 1. The summed E-state index contributed by atoms with van der Waals surface area (Å²) < 4.78 is 23.5. The lowest BCUT2D eigenvalue weighted by atomic mass is 10.1. The molecule has 0 atom stereocenters. The number of nitrogens with zero attached hydrogens (tertiary/aromatic N) is 1. The highest BCUT2D eigenvalue weighted by Gasteiger charge is 2.28. The van der Waals surface area contributed by atoms with E-state index in [-0.39, 0.29) is 5.75 Å². The van der Waals surface area contributed by atoms with Crippen LogP contribution in [0.1, 0.15) is 31.9 Å². The molecule has 3 N–H and O–H groups in total. The number of hydrogen-bond acceptors (Lipinski definition) is 3. The lowest BCUT2D eigenvalue weighted by Gasteiger charge is -2.19. The van der Waals surface area contributed by atoms with E-state index in [1.807, 2.05) is 6.20 Å². The second-order valence-corrected chi connectivity index (χ2v) is 10.3. The summed E-state index contributed by atoms with van der Waals surface area (Å²) in [5.74, 6) is 0.698. The first-order chi connectivity index (χ1) is 12.1. The number of hydrogen-bond donors (Lipinski definition) is 3.